The van der Waals surface area contributed by atoms with Crippen molar-refractivity contribution < 1.29 is 0 Å². The molecule has 0 saturated carbocycles. The summed E-state index contributed by atoms with van der Waals surface area (Å²) in [5.74, 6) is 0. The third kappa shape index (κ3) is 7.92. The largest absolute Gasteiger partial charge is 0.462 e. The average Bonchev–Trinajstić information content (AvgIpc) is 1.63. The van der Waals surface area contributed by atoms with E-state index in [0.717, 1.165) is 13.1 Å². The molecule has 0 atom stereocenters. The highest BCUT2D eigenvalue weighted by atomic mass is 15.1. The number of nitrogens with zero attached hydrogens (tertiary/aromatic N) is 2. The van der Waals surface area contributed by atoms with Crippen LogP contribution in [0.1, 0.15) is 6.42 Å². The van der Waals surface area contributed by atoms with E-state index in [1.165, 1.54) is 6.42 Å². The normalized spacial score (nSPS) is 11.3. The first-order valence-electron chi connectivity index (χ1n) is 3.29. The minimum Gasteiger partial charge on any atom is -0.462 e. The van der Waals surface area contributed by atoms with E-state index in [1.807, 2.05) is 11.9 Å². The maximum absolute atomic E-state index is 3.75. The summed E-state index contributed by atoms with van der Waals surface area (Å²) in [7, 11) is 9.92. The summed E-state index contributed by atoms with van der Waals surface area (Å²) in [6.45, 7) is 2.23. The maximum atomic E-state index is 3.75. The van der Waals surface area contributed by atoms with Gasteiger partial charge in [-0.2, -0.15) is 0 Å². The van der Waals surface area contributed by atoms with Crippen molar-refractivity contribution >= 4 is 0 Å². The van der Waals surface area contributed by atoms with Gasteiger partial charge in [0.05, 0.1) is 0 Å². The van der Waals surface area contributed by atoms with Gasteiger partial charge in [0.2, 0.25) is 0 Å². The molecule has 0 aromatic carbocycles. The molecular formula is C7H17N2-. The van der Waals surface area contributed by atoms with E-state index in [-0.39, 0.29) is 0 Å². The quantitative estimate of drug-likeness (QED) is 0.514. The molecule has 0 heterocycles. The van der Waals surface area contributed by atoms with Gasteiger partial charge in [-0.3, -0.25) is 7.05 Å². The van der Waals surface area contributed by atoms with Crippen molar-refractivity contribution in [3.8, 4) is 0 Å². The van der Waals surface area contributed by atoms with Gasteiger partial charge in [0.15, 0.2) is 0 Å². The van der Waals surface area contributed by atoms with E-state index in [0.29, 0.717) is 0 Å². The van der Waals surface area contributed by atoms with Gasteiger partial charge in [-0.05, 0) is 40.7 Å². The maximum Gasteiger partial charge on any atom is -0.00136 e. The standard InChI is InChI=1S/C7H17N2/c1-8(2)6-5-7-9(3)4/h1,5-7H2,2-4H3/q-1. The topological polar surface area (TPSA) is 6.48 Å². The van der Waals surface area contributed by atoms with Crippen molar-refractivity contribution in [2.75, 3.05) is 34.2 Å². The Balaban J connectivity index is 2.91. The molecule has 9 heavy (non-hydrogen) atoms. The van der Waals surface area contributed by atoms with Gasteiger partial charge in [0.1, 0.15) is 0 Å². The van der Waals surface area contributed by atoms with Crippen LogP contribution in [0.25, 0.3) is 0 Å². The Kier molecular flexibility index (Phi) is 4.72. The van der Waals surface area contributed by atoms with Crippen LogP contribution in [-0.4, -0.2) is 44.0 Å². The fraction of sp³-hybridized carbons (Fsp3) is 0.857. The Labute approximate surface area is 58.4 Å². The molecule has 2 heteroatoms. The zero-order valence-corrected chi connectivity index (χ0v) is 6.72. The summed E-state index contributed by atoms with van der Waals surface area (Å²) >= 11 is 0. The fourth-order valence-electron chi connectivity index (χ4n) is 0.657. The molecule has 0 spiro atoms. The average molecular weight is 129 g/mol. The third-order valence-electron chi connectivity index (χ3n) is 1.15. The Hall–Kier alpha value is -0.0800. The predicted molar refractivity (Wildman–Crippen MR) is 41.2 cm³/mol. The first-order valence-corrected chi connectivity index (χ1v) is 3.29. The lowest BCUT2D eigenvalue weighted by atomic mass is 10.4. The monoisotopic (exact) mass is 129 g/mol. The Bertz CT molecular complexity index is 51.9. The van der Waals surface area contributed by atoms with Crippen molar-refractivity contribution in [1.29, 1.82) is 0 Å². The van der Waals surface area contributed by atoms with Crippen LogP contribution in [0.15, 0.2) is 0 Å². The van der Waals surface area contributed by atoms with Crippen LogP contribution in [0.4, 0.5) is 0 Å². The van der Waals surface area contributed by atoms with E-state index in [9.17, 15) is 0 Å². The second-order valence-corrected chi connectivity index (χ2v) is 2.74. The number of hydrogen-bond acceptors (Lipinski definition) is 2. The van der Waals surface area contributed by atoms with Crippen LogP contribution in [-0.2, 0) is 0 Å². The van der Waals surface area contributed by atoms with Crippen LogP contribution in [0.2, 0.25) is 0 Å². The molecule has 0 N–H and O–H groups in total. The van der Waals surface area contributed by atoms with E-state index in [1.54, 1.807) is 0 Å². The van der Waals surface area contributed by atoms with E-state index in [2.05, 4.69) is 26.0 Å². The first-order chi connectivity index (χ1) is 4.13. The van der Waals surface area contributed by atoms with Crippen LogP contribution in [0, 0.1) is 7.05 Å². The van der Waals surface area contributed by atoms with Crippen molar-refractivity contribution in [2.45, 2.75) is 6.42 Å². The molecule has 56 valence electrons. The van der Waals surface area contributed by atoms with E-state index in [4.69, 9.17) is 0 Å². The van der Waals surface area contributed by atoms with Crippen molar-refractivity contribution in [3.63, 3.8) is 0 Å². The molecule has 0 aromatic rings. The third-order valence-corrected chi connectivity index (χ3v) is 1.15. The summed E-state index contributed by atoms with van der Waals surface area (Å²) in [6.07, 6.45) is 1.20. The minimum atomic E-state index is 1.08. The van der Waals surface area contributed by atoms with E-state index >= 15 is 0 Å². The molecule has 0 radical (unpaired) electrons. The molecule has 0 aliphatic heterocycles. The van der Waals surface area contributed by atoms with Crippen LogP contribution < -0.4 is 0 Å². The summed E-state index contributed by atoms with van der Waals surface area (Å²) < 4.78 is 0. The highest BCUT2D eigenvalue weighted by Gasteiger charge is 1.87. The number of hydrogen-bond donors (Lipinski definition) is 0. The molecule has 0 aliphatic rings. The van der Waals surface area contributed by atoms with Gasteiger partial charge >= 0.3 is 0 Å². The molecule has 0 aliphatic carbocycles. The molecular weight excluding hydrogens is 112 g/mol. The second kappa shape index (κ2) is 4.77. The Morgan fingerprint density at radius 1 is 1.11 bits per heavy atom. The minimum absolute atomic E-state index is 1.08. The zero-order chi connectivity index (χ0) is 7.28. The van der Waals surface area contributed by atoms with E-state index < -0.39 is 0 Å². The summed E-state index contributed by atoms with van der Waals surface area (Å²) in [6, 6.07) is 0. The fourth-order valence-corrected chi connectivity index (χ4v) is 0.657. The van der Waals surface area contributed by atoms with Crippen LogP contribution in [0.3, 0.4) is 0 Å². The zero-order valence-electron chi connectivity index (χ0n) is 6.72. The molecule has 2 nitrogen and oxygen atoms in total. The van der Waals surface area contributed by atoms with Crippen molar-refractivity contribution in [1.82, 2.24) is 9.80 Å². The Morgan fingerprint density at radius 3 is 2.00 bits per heavy atom. The number of rotatable bonds is 4. The summed E-state index contributed by atoms with van der Waals surface area (Å²) in [4.78, 5) is 4.15. The summed E-state index contributed by atoms with van der Waals surface area (Å²) in [5, 5.41) is 0. The Morgan fingerprint density at radius 2 is 1.67 bits per heavy atom. The second-order valence-electron chi connectivity index (χ2n) is 2.74. The molecule has 0 bridgehead atoms. The van der Waals surface area contributed by atoms with Crippen LogP contribution >= 0.6 is 0 Å². The van der Waals surface area contributed by atoms with Gasteiger partial charge < -0.3 is 9.80 Å². The molecule has 0 fully saturated rings. The molecule has 0 unspecified atom stereocenters. The molecule has 0 rings (SSSR count). The highest BCUT2D eigenvalue weighted by Crippen LogP contribution is 1.85. The molecule has 0 amide bonds. The first kappa shape index (κ1) is 8.92. The van der Waals surface area contributed by atoms with Crippen LogP contribution in [0.5, 0.6) is 0 Å². The lowest BCUT2D eigenvalue weighted by molar-refractivity contribution is 0.355. The summed E-state index contributed by atoms with van der Waals surface area (Å²) in [5.41, 5.74) is 0. The van der Waals surface area contributed by atoms with Gasteiger partial charge in [0.25, 0.3) is 0 Å². The molecule has 0 saturated heterocycles. The van der Waals surface area contributed by atoms with Gasteiger partial charge in [0, 0.05) is 0 Å². The van der Waals surface area contributed by atoms with Gasteiger partial charge in [-0.25, -0.2) is 0 Å². The lowest BCUT2D eigenvalue weighted by Gasteiger charge is -2.18. The predicted octanol–water partition coefficient (Wildman–Crippen LogP) is 0.661. The van der Waals surface area contributed by atoms with Gasteiger partial charge in [-0.15, -0.1) is 0 Å². The van der Waals surface area contributed by atoms with Gasteiger partial charge in [-0.1, -0.05) is 0 Å². The van der Waals surface area contributed by atoms with Crippen molar-refractivity contribution in [3.05, 3.63) is 7.05 Å². The molecule has 0 aromatic heterocycles. The SMILES string of the molecule is [CH2-]N(C)CCCN(C)C. The highest BCUT2D eigenvalue weighted by molar-refractivity contribution is 4.49. The van der Waals surface area contributed by atoms with Crippen molar-refractivity contribution in [2.24, 2.45) is 0 Å². The lowest BCUT2D eigenvalue weighted by Crippen LogP contribution is -2.19. The smallest absolute Gasteiger partial charge is 0.00136 e.